The van der Waals surface area contributed by atoms with E-state index in [2.05, 4.69) is 14.0 Å². The first-order valence-corrected chi connectivity index (χ1v) is 4.55. The second-order valence-corrected chi connectivity index (χ2v) is 4.52. The average Bonchev–Trinajstić information content (AvgIpc) is 2.20. The SMILES string of the molecule is CC1CC2CCC[N+]2(C)C1. The van der Waals surface area contributed by atoms with Crippen LogP contribution in [0.15, 0.2) is 0 Å². The third-order valence-corrected chi connectivity index (χ3v) is 3.49. The molecule has 2 fully saturated rings. The highest BCUT2D eigenvalue weighted by Gasteiger charge is 2.44. The van der Waals surface area contributed by atoms with E-state index in [1.54, 1.807) is 0 Å². The van der Waals surface area contributed by atoms with Crippen molar-refractivity contribution in [1.82, 2.24) is 0 Å². The maximum Gasteiger partial charge on any atom is 0.0895 e. The Balaban J connectivity index is 2.15. The van der Waals surface area contributed by atoms with Crippen LogP contribution in [-0.2, 0) is 0 Å². The van der Waals surface area contributed by atoms with Crippen LogP contribution in [0.25, 0.3) is 0 Å². The molecule has 2 aliphatic rings. The zero-order chi connectivity index (χ0) is 7.19. The topological polar surface area (TPSA) is 0 Å². The zero-order valence-electron chi connectivity index (χ0n) is 7.14. The summed E-state index contributed by atoms with van der Waals surface area (Å²) in [5.74, 6) is 0.996. The van der Waals surface area contributed by atoms with Gasteiger partial charge in [-0.3, -0.25) is 0 Å². The number of hydrogen-bond donors (Lipinski definition) is 0. The number of quaternary nitrogens is 1. The van der Waals surface area contributed by atoms with Crippen molar-refractivity contribution >= 4 is 0 Å². The lowest BCUT2D eigenvalue weighted by Gasteiger charge is -2.29. The van der Waals surface area contributed by atoms with Crippen LogP contribution >= 0.6 is 0 Å². The van der Waals surface area contributed by atoms with Crippen molar-refractivity contribution in [2.75, 3.05) is 20.1 Å². The van der Waals surface area contributed by atoms with Gasteiger partial charge in [-0.1, -0.05) is 6.92 Å². The first-order chi connectivity index (χ1) is 4.71. The molecule has 1 heteroatoms. The van der Waals surface area contributed by atoms with Crippen LogP contribution in [-0.4, -0.2) is 30.7 Å². The van der Waals surface area contributed by atoms with Gasteiger partial charge in [-0.15, -0.1) is 0 Å². The third kappa shape index (κ3) is 0.800. The van der Waals surface area contributed by atoms with Crippen LogP contribution in [0.2, 0.25) is 0 Å². The molecule has 2 aliphatic heterocycles. The van der Waals surface area contributed by atoms with Crippen molar-refractivity contribution in [2.24, 2.45) is 5.92 Å². The van der Waals surface area contributed by atoms with Gasteiger partial charge in [0.1, 0.15) is 0 Å². The fourth-order valence-electron chi connectivity index (χ4n) is 3.05. The van der Waals surface area contributed by atoms with E-state index in [4.69, 9.17) is 0 Å². The quantitative estimate of drug-likeness (QED) is 0.449. The molecule has 10 heavy (non-hydrogen) atoms. The first-order valence-electron chi connectivity index (χ1n) is 4.55. The summed E-state index contributed by atoms with van der Waals surface area (Å²) in [6.07, 6.45) is 4.48. The van der Waals surface area contributed by atoms with Gasteiger partial charge in [-0.2, -0.15) is 0 Å². The Kier molecular flexibility index (Phi) is 1.31. The summed E-state index contributed by atoms with van der Waals surface area (Å²) in [5.41, 5.74) is 0. The highest BCUT2D eigenvalue weighted by Crippen LogP contribution is 2.36. The maximum absolute atomic E-state index is 2.45. The molecule has 1 nitrogen and oxygen atoms in total. The lowest BCUT2D eigenvalue weighted by Crippen LogP contribution is -2.43. The van der Waals surface area contributed by atoms with Crippen LogP contribution in [0, 0.1) is 5.92 Å². The van der Waals surface area contributed by atoms with E-state index in [0.717, 1.165) is 12.0 Å². The number of fused-ring (bicyclic) bond motifs is 1. The Morgan fingerprint density at radius 1 is 1.40 bits per heavy atom. The zero-order valence-corrected chi connectivity index (χ0v) is 7.14. The van der Waals surface area contributed by atoms with Gasteiger partial charge < -0.3 is 4.48 Å². The molecule has 0 radical (unpaired) electrons. The average molecular weight is 140 g/mol. The Labute approximate surface area is 63.6 Å². The minimum absolute atomic E-state index is 0.996. The van der Waals surface area contributed by atoms with Gasteiger partial charge in [-0.05, 0) is 0 Å². The second-order valence-electron chi connectivity index (χ2n) is 4.52. The molecule has 0 spiro atoms. The second kappa shape index (κ2) is 1.97. The molecule has 0 aromatic heterocycles. The molecule has 0 aromatic carbocycles. The van der Waals surface area contributed by atoms with E-state index >= 15 is 0 Å². The van der Waals surface area contributed by atoms with Crippen molar-refractivity contribution in [1.29, 1.82) is 0 Å². The lowest BCUT2D eigenvalue weighted by atomic mass is 10.1. The molecule has 2 heterocycles. The lowest BCUT2D eigenvalue weighted by molar-refractivity contribution is -0.909. The summed E-state index contributed by atoms with van der Waals surface area (Å²) in [4.78, 5) is 0. The molecule has 0 N–H and O–H groups in total. The molecule has 0 amide bonds. The Morgan fingerprint density at radius 3 is 2.90 bits per heavy atom. The fourth-order valence-corrected chi connectivity index (χ4v) is 3.05. The van der Waals surface area contributed by atoms with Gasteiger partial charge in [0.25, 0.3) is 0 Å². The standard InChI is InChI=1S/C9H18N/c1-8-6-9-4-3-5-10(9,2)7-8/h8-9H,3-7H2,1-2H3/q+1. The van der Waals surface area contributed by atoms with Gasteiger partial charge in [0, 0.05) is 25.2 Å². The van der Waals surface area contributed by atoms with Crippen LogP contribution in [0.5, 0.6) is 0 Å². The van der Waals surface area contributed by atoms with Crippen molar-refractivity contribution in [3.63, 3.8) is 0 Å². The van der Waals surface area contributed by atoms with E-state index in [9.17, 15) is 0 Å². The van der Waals surface area contributed by atoms with Crippen LogP contribution < -0.4 is 0 Å². The number of hydrogen-bond acceptors (Lipinski definition) is 0. The molecule has 2 rings (SSSR count). The molecule has 0 bridgehead atoms. The Morgan fingerprint density at radius 2 is 2.20 bits per heavy atom. The van der Waals surface area contributed by atoms with Crippen molar-refractivity contribution in [3.05, 3.63) is 0 Å². The summed E-state index contributed by atoms with van der Waals surface area (Å²) in [6, 6.07) is 1.04. The number of rotatable bonds is 0. The third-order valence-electron chi connectivity index (χ3n) is 3.49. The molecule has 2 saturated heterocycles. The highest BCUT2D eigenvalue weighted by atomic mass is 15.4. The van der Waals surface area contributed by atoms with E-state index in [1.165, 1.54) is 36.8 Å². The van der Waals surface area contributed by atoms with E-state index < -0.39 is 0 Å². The smallest absolute Gasteiger partial charge is 0.0895 e. The molecule has 3 unspecified atom stereocenters. The molecular weight excluding hydrogens is 122 g/mol. The van der Waals surface area contributed by atoms with Gasteiger partial charge in [0.2, 0.25) is 0 Å². The minimum atomic E-state index is 0.996. The molecule has 58 valence electrons. The predicted octanol–water partition coefficient (Wildman–Crippen LogP) is 1.64. The largest absolute Gasteiger partial charge is 0.323 e. The molecule has 3 atom stereocenters. The highest BCUT2D eigenvalue weighted by molar-refractivity contribution is 4.76. The van der Waals surface area contributed by atoms with Gasteiger partial charge in [0.15, 0.2) is 0 Å². The molecule has 0 aromatic rings. The molecule has 0 saturated carbocycles. The molecular formula is C9H18N+. The van der Waals surface area contributed by atoms with E-state index in [-0.39, 0.29) is 0 Å². The van der Waals surface area contributed by atoms with Crippen LogP contribution in [0.3, 0.4) is 0 Å². The monoisotopic (exact) mass is 140 g/mol. The summed E-state index contributed by atoms with van der Waals surface area (Å²) < 4.78 is 1.40. The van der Waals surface area contributed by atoms with E-state index in [1.807, 2.05) is 0 Å². The predicted molar refractivity (Wildman–Crippen MR) is 42.7 cm³/mol. The van der Waals surface area contributed by atoms with Gasteiger partial charge >= 0.3 is 0 Å². The summed E-state index contributed by atoms with van der Waals surface area (Å²) in [6.45, 7) is 5.31. The fraction of sp³-hybridized carbons (Fsp3) is 1.00. The van der Waals surface area contributed by atoms with Crippen molar-refractivity contribution < 1.29 is 4.48 Å². The van der Waals surface area contributed by atoms with Gasteiger partial charge in [-0.25, -0.2) is 0 Å². The normalized spacial score (nSPS) is 53.4. The summed E-state index contributed by atoms with van der Waals surface area (Å²) in [5, 5.41) is 0. The summed E-state index contributed by atoms with van der Waals surface area (Å²) >= 11 is 0. The van der Waals surface area contributed by atoms with Crippen molar-refractivity contribution in [2.45, 2.75) is 32.2 Å². The van der Waals surface area contributed by atoms with Crippen LogP contribution in [0.1, 0.15) is 26.2 Å². The van der Waals surface area contributed by atoms with Crippen LogP contribution in [0.4, 0.5) is 0 Å². The minimum Gasteiger partial charge on any atom is -0.323 e. The number of nitrogens with zero attached hydrogens (tertiary/aromatic N) is 1. The van der Waals surface area contributed by atoms with Gasteiger partial charge in [0.05, 0.1) is 26.2 Å². The summed E-state index contributed by atoms with van der Waals surface area (Å²) in [7, 11) is 2.45. The first kappa shape index (κ1) is 6.66. The maximum atomic E-state index is 2.45. The van der Waals surface area contributed by atoms with Crippen molar-refractivity contribution in [3.8, 4) is 0 Å². The molecule has 0 aliphatic carbocycles. The van der Waals surface area contributed by atoms with E-state index in [0.29, 0.717) is 0 Å². The Hall–Kier alpha value is -0.0400. The Bertz CT molecular complexity index is 144.